The summed E-state index contributed by atoms with van der Waals surface area (Å²) in [5.41, 5.74) is 0.936. The summed E-state index contributed by atoms with van der Waals surface area (Å²) in [6, 6.07) is 0. The van der Waals surface area contributed by atoms with Gasteiger partial charge in [-0.25, -0.2) is 0 Å². The lowest BCUT2D eigenvalue weighted by atomic mass is 10.7. The van der Waals surface area contributed by atoms with Crippen LogP contribution in [0.15, 0.2) is 12.2 Å². The van der Waals surface area contributed by atoms with Gasteiger partial charge >= 0.3 is 0 Å². The molecule has 0 heterocycles. The molecule has 0 aromatic heterocycles. The van der Waals surface area contributed by atoms with Crippen molar-refractivity contribution in [2.75, 3.05) is 0 Å². The van der Waals surface area contributed by atoms with E-state index in [1.807, 2.05) is 0 Å². The maximum atomic E-state index is 5.46. The maximum absolute atomic E-state index is 5.46. The van der Waals surface area contributed by atoms with E-state index >= 15 is 0 Å². The molecule has 0 unspecified atom stereocenters. The topological polar surface area (TPSA) is 0 Å². The fourth-order valence-corrected chi connectivity index (χ4v) is 0.546. The second-order valence-corrected chi connectivity index (χ2v) is 2.97. The molecular formula is C4H4Cl2. The van der Waals surface area contributed by atoms with Crippen molar-refractivity contribution in [2.24, 2.45) is 0 Å². The van der Waals surface area contributed by atoms with Crippen LogP contribution in [0.5, 0.6) is 0 Å². The van der Waals surface area contributed by atoms with Crippen LogP contribution in [0.3, 0.4) is 0 Å². The zero-order valence-electron chi connectivity index (χ0n) is 3.17. The third-order valence-electron chi connectivity index (χ3n) is 0.828. The SMILES string of the molecule is C=C1CC1(Cl)Cl. The molecule has 0 bridgehead atoms. The van der Waals surface area contributed by atoms with Crippen LogP contribution in [-0.4, -0.2) is 4.33 Å². The Balaban J connectivity index is 2.63. The van der Waals surface area contributed by atoms with Gasteiger partial charge in [0.1, 0.15) is 4.33 Å². The van der Waals surface area contributed by atoms with E-state index in [-0.39, 0.29) is 0 Å². The van der Waals surface area contributed by atoms with E-state index in [1.54, 1.807) is 0 Å². The molecule has 0 aromatic rings. The highest BCUT2D eigenvalue weighted by Gasteiger charge is 2.43. The van der Waals surface area contributed by atoms with Gasteiger partial charge in [-0.1, -0.05) is 29.8 Å². The van der Waals surface area contributed by atoms with Crippen LogP contribution in [0.1, 0.15) is 6.42 Å². The maximum Gasteiger partial charge on any atom is 0.142 e. The van der Waals surface area contributed by atoms with Crippen molar-refractivity contribution in [1.29, 1.82) is 0 Å². The summed E-state index contributed by atoms with van der Waals surface area (Å²) in [6.07, 6.45) is 0.774. The summed E-state index contributed by atoms with van der Waals surface area (Å²) in [7, 11) is 0. The van der Waals surface area contributed by atoms with Gasteiger partial charge in [-0.2, -0.15) is 0 Å². The van der Waals surface area contributed by atoms with E-state index in [2.05, 4.69) is 6.58 Å². The summed E-state index contributed by atoms with van der Waals surface area (Å²) < 4.78 is -0.542. The Bertz CT molecular complexity index is 93.7. The molecule has 0 atom stereocenters. The summed E-state index contributed by atoms with van der Waals surface area (Å²) in [6.45, 7) is 3.56. The molecule has 6 heavy (non-hydrogen) atoms. The second-order valence-electron chi connectivity index (χ2n) is 1.48. The summed E-state index contributed by atoms with van der Waals surface area (Å²) in [5.74, 6) is 0. The predicted molar refractivity (Wildman–Crippen MR) is 28.2 cm³/mol. The molecule has 0 saturated heterocycles. The minimum Gasteiger partial charge on any atom is -0.0968 e. The van der Waals surface area contributed by atoms with Crippen molar-refractivity contribution in [3.8, 4) is 0 Å². The highest BCUT2D eigenvalue weighted by Crippen LogP contribution is 2.51. The Morgan fingerprint density at radius 1 is 1.67 bits per heavy atom. The molecule has 0 N–H and O–H groups in total. The number of halogens is 2. The average Bonchev–Trinajstić information content (AvgIpc) is 1.73. The first-order valence-corrected chi connectivity index (χ1v) is 2.44. The lowest BCUT2D eigenvalue weighted by Crippen LogP contribution is -1.75. The molecule has 1 aliphatic rings. The Morgan fingerprint density at radius 2 is 1.83 bits per heavy atom. The van der Waals surface area contributed by atoms with E-state index < -0.39 is 4.33 Å². The van der Waals surface area contributed by atoms with E-state index in [4.69, 9.17) is 23.2 Å². The Kier molecular flexibility index (Phi) is 0.696. The molecule has 0 aliphatic heterocycles. The summed E-state index contributed by atoms with van der Waals surface area (Å²) >= 11 is 10.9. The largest absolute Gasteiger partial charge is 0.142 e. The normalized spacial score (nSPS) is 27.3. The molecular weight excluding hydrogens is 119 g/mol. The van der Waals surface area contributed by atoms with E-state index in [0.717, 1.165) is 12.0 Å². The van der Waals surface area contributed by atoms with Gasteiger partial charge in [-0.3, -0.25) is 0 Å². The zero-order valence-corrected chi connectivity index (χ0v) is 4.68. The standard InChI is InChI=1S/C4H4Cl2/c1-3-2-4(3,5)6/h1-2H2. The average molecular weight is 123 g/mol. The Morgan fingerprint density at radius 3 is 1.83 bits per heavy atom. The number of allylic oxidation sites excluding steroid dienone is 1. The van der Waals surface area contributed by atoms with E-state index in [1.165, 1.54) is 0 Å². The second kappa shape index (κ2) is 0.932. The van der Waals surface area contributed by atoms with Crippen LogP contribution < -0.4 is 0 Å². The van der Waals surface area contributed by atoms with Crippen LogP contribution in [0.25, 0.3) is 0 Å². The van der Waals surface area contributed by atoms with Gasteiger partial charge in [0.15, 0.2) is 0 Å². The van der Waals surface area contributed by atoms with Gasteiger partial charge < -0.3 is 0 Å². The quantitative estimate of drug-likeness (QED) is 0.341. The van der Waals surface area contributed by atoms with Gasteiger partial charge in [0.05, 0.1) is 0 Å². The monoisotopic (exact) mass is 122 g/mol. The van der Waals surface area contributed by atoms with Crippen LogP contribution in [-0.2, 0) is 0 Å². The minimum absolute atomic E-state index is 0.542. The highest BCUT2D eigenvalue weighted by atomic mass is 35.5. The van der Waals surface area contributed by atoms with Crippen molar-refractivity contribution >= 4 is 23.2 Å². The van der Waals surface area contributed by atoms with Gasteiger partial charge in [-0.15, -0.1) is 0 Å². The number of rotatable bonds is 0. The van der Waals surface area contributed by atoms with Crippen molar-refractivity contribution < 1.29 is 0 Å². The molecule has 1 saturated carbocycles. The van der Waals surface area contributed by atoms with Crippen molar-refractivity contribution in [3.63, 3.8) is 0 Å². The van der Waals surface area contributed by atoms with E-state index in [9.17, 15) is 0 Å². The number of alkyl halides is 2. The number of hydrogen-bond donors (Lipinski definition) is 0. The van der Waals surface area contributed by atoms with Gasteiger partial charge in [0, 0.05) is 6.42 Å². The molecule has 1 aliphatic carbocycles. The lowest BCUT2D eigenvalue weighted by Gasteiger charge is -1.80. The van der Waals surface area contributed by atoms with Gasteiger partial charge in [0.2, 0.25) is 0 Å². The molecule has 34 valence electrons. The van der Waals surface area contributed by atoms with Crippen LogP contribution >= 0.6 is 23.2 Å². The smallest absolute Gasteiger partial charge is 0.0968 e. The van der Waals surface area contributed by atoms with Crippen molar-refractivity contribution in [2.45, 2.75) is 10.8 Å². The predicted octanol–water partition coefficient (Wildman–Crippen LogP) is 2.12. The molecule has 0 aromatic carbocycles. The first-order chi connectivity index (χ1) is 2.63. The minimum atomic E-state index is -0.542. The van der Waals surface area contributed by atoms with Crippen LogP contribution in [0, 0.1) is 0 Å². The highest BCUT2D eigenvalue weighted by molar-refractivity contribution is 6.53. The van der Waals surface area contributed by atoms with Crippen LogP contribution in [0.4, 0.5) is 0 Å². The molecule has 1 rings (SSSR count). The molecule has 0 spiro atoms. The Labute approximate surface area is 46.7 Å². The fraction of sp³-hybridized carbons (Fsp3) is 0.500. The first-order valence-electron chi connectivity index (χ1n) is 1.69. The Hall–Kier alpha value is 0.320. The first kappa shape index (κ1) is 4.48. The zero-order chi connectivity index (χ0) is 4.78. The van der Waals surface area contributed by atoms with Gasteiger partial charge in [-0.05, 0) is 5.57 Å². The summed E-state index contributed by atoms with van der Waals surface area (Å²) in [4.78, 5) is 0. The van der Waals surface area contributed by atoms with Gasteiger partial charge in [0.25, 0.3) is 0 Å². The van der Waals surface area contributed by atoms with Crippen LogP contribution in [0.2, 0.25) is 0 Å². The lowest BCUT2D eigenvalue weighted by molar-refractivity contribution is 1.38. The molecule has 2 heteroatoms. The van der Waals surface area contributed by atoms with Crippen molar-refractivity contribution in [1.82, 2.24) is 0 Å². The molecule has 1 fully saturated rings. The third kappa shape index (κ3) is 0.548. The molecule has 0 radical (unpaired) electrons. The summed E-state index contributed by atoms with van der Waals surface area (Å²) in [5, 5.41) is 0. The fourth-order valence-electron chi connectivity index (χ4n) is 0.224. The van der Waals surface area contributed by atoms with E-state index in [0.29, 0.717) is 0 Å². The molecule has 0 amide bonds. The molecule has 0 nitrogen and oxygen atoms in total. The number of hydrogen-bond acceptors (Lipinski definition) is 0. The van der Waals surface area contributed by atoms with Crippen molar-refractivity contribution in [3.05, 3.63) is 12.2 Å². The third-order valence-corrected chi connectivity index (χ3v) is 1.63.